The highest BCUT2D eigenvalue weighted by Gasteiger charge is 2.12. The third kappa shape index (κ3) is 3.92. The topological polar surface area (TPSA) is 118 Å². The molecule has 0 saturated carbocycles. The molecule has 0 unspecified atom stereocenters. The molecule has 0 spiro atoms. The van der Waals surface area contributed by atoms with E-state index in [1.54, 1.807) is 42.5 Å². The highest BCUT2D eigenvalue weighted by Crippen LogP contribution is 2.20. The van der Waals surface area contributed by atoms with E-state index in [2.05, 4.69) is 42.5 Å². The molecule has 2 aromatic carbocycles. The Hall–Kier alpha value is -3.75. The molecule has 130 valence electrons. The van der Waals surface area contributed by atoms with Crippen molar-refractivity contribution in [1.82, 2.24) is 9.97 Å². The van der Waals surface area contributed by atoms with Crippen LogP contribution in [0.4, 0.5) is 5.95 Å². The van der Waals surface area contributed by atoms with Gasteiger partial charge in [0.15, 0.2) is 0 Å². The van der Waals surface area contributed by atoms with Crippen molar-refractivity contribution in [1.29, 1.82) is 10.5 Å². The second kappa shape index (κ2) is 8.09. The van der Waals surface area contributed by atoms with E-state index >= 15 is 0 Å². The molecule has 0 atom stereocenters. The van der Waals surface area contributed by atoms with Crippen LogP contribution in [-0.4, -0.2) is 16.2 Å². The first-order valence-electron chi connectivity index (χ1n) is 7.71. The molecule has 1 aromatic heterocycles. The van der Waals surface area contributed by atoms with Crippen LogP contribution in [0, 0.1) is 22.7 Å². The predicted octanol–water partition coefficient (Wildman–Crippen LogP) is 3.39. The maximum Gasteiger partial charge on any atom is 0.270 e. The van der Waals surface area contributed by atoms with E-state index < -0.39 is 5.56 Å². The molecule has 0 bridgehead atoms. The number of H-pyrrole nitrogens is 1. The third-order valence-corrected chi connectivity index (χ3v) is 4.27. The molecule has 8 heteroatoms. The van der Waals surface area contributed by atoms with Crippen molar-refractivity contribution < 1.29 is 0 Å². The first-order chi connectivity index (χ1) is 13.1. The van der Waals surface area contributed by atoms with Crippen molar-refractivity contribution in [3.8, 4) is 23.4 Å². The van der Waals surface area contributed by atoms with Crippen LogP contribution in [-0.2, 0) is 0 Å². The minimum Gasteiger partial charge on any atom is -0.290 e. The third-order valence-electron chi connectivity index (χ3n) is 3.61. The predicted molar refractivity (Wildman–Crippen MR) is 105 cm³/mol. The number of rotatable bonds is 4. The molecule has 0 saturated heterocycles. The number of hydrogen-bond donors (Lipinski definition) is 2. The molecule has 0 aliphatic heterocycles. The number of nitrogens with zero attached hydrogens (tertiary/aromatic N) is 4. The summed E-state index contributed by atoms with van der Waals surface area (Å²) in [4.78, 5) is 18.9. The van der Waals surface area contributed by atoms with E-state index in [0.29, 0.717) is 21.2 Å². The Morgan fingerprint density at radius 3 is 2.52 bits per heavy atom. The molecule has 0 fully saturated rings. The van der Waals surface area contributed by atoms with E-state index in [4.69, 9.17) is 0 Å². The maximum absolute atomic E-state index is 12.2. The SMILES string of the molecule is N#Cc1c(Br)cccc1C=NNc1nc(-c2ccccc2)c(C#N)c(=O)[nH]1. The minimum absolute atomic E-state index is 0.0745. The van der Waals surface area contributed by atoms with Crippen molar-refractivity contribution >= 4 is 28.1 Å². The van der Waals surface area contributed by atoms with Gasteiger partial charge in [0.25, 0.3) is 5.56 Å². The monoisotopic (exact) mass is 418 g/mol. The summed E-state index contributed by atoms with van der Waals surface area (Å²) in [5.74, 6) is 0.0857. The van der Waals surface area contributed by atoms with Gasteiger partial charge in [-0.05, 0) is 22.0 Å². The van der Waals surface area contributed by atoms with Crippen molar-refractivity contribution in [3.05, 3.63) is 80.0 Å². The van der Waals surface area contributed by atoms with Crippen molar-refractivity contribution in [2.24, 2.45) is 5.10 Å². The van der Waals surface area contributed by atoms with Crippen LogP contribution < -0.4 is 11.0 Å². The lowest BCUT2D eigenvalue weighted by atomic mass is 10.1. The first kappa shape index (κ1) is 18.1. The van der Waals surface area contributed by atoms with Crippen LogP contribution in [0.1, 0.15) is 16.7 Å². The number of halogens is 1. The standard InChI is InChI=1S/C19H11BrN6O/c20-16-8-4-7-13(14(16)9-21)11-23-26-19-24-17(12-5-2-1-3-6-12)15(10-22)18(27)25-19/h1-8,11H,(H2,24,25,26,27). The molecular formula is C19H11BrN6O. The van der Waals surface area contributed by atoms with E-state index in [0.717, 1.165) is 0 Å². The quantitative estimate of drug-likeness (QED) is 0.497. The van der Waals surface area contributed by atoms with Gasteiger partial charge in [-0.25, -0.2) is 10.4 Å². The molecule has 0 aliphatic carbocycles. The van der Waals surface area contributed by atoms with Gasteiger partial charge < -0.3 is 0 Å². The largest absolute Gasteiger partial charge is 0.290 e. The van der Waals surface area contributed by atoms with Crippen LogP contribution in [0.5, 0.6) is 0 Å². The summed E-state index contributed by atoms with van der Waals surface area (Å²) in [6.45, 7) is 0. The van der Waals surface area contributed by atoms with Crippen LogP contribution in [0.2, 0.25) is 0 Å². The lowest BCUT2D eigenvalue weighted by Crippen LogP contribution is -2.16. The van der Waals surface area contributed by atoms with Gasteiger partial charge in [0.05, 0.1) is 17.5 Å². The zero-order valence-corrected chi connectivity index (χ0v) is 15.4. The Bertz CT molecular complexity index is 1160. The number of hydrazone groups is 1. The second-order valence-electron chi connectivity index (χ2n) is 5.30. The number of aromatic nitrogens is 2. The fraction of sp³-hybridized carbons (Fsp3) is 0. The van der Waals surface area contributed by atoms with Gasteiger partial charge in [0.1, 0.15) is 17.7 Å². The summed E-state index contributed by atoms with van der Waals surface area (Å²) < 4.78 is 0.658. The van der Waals surface area contributed by atoms with E-state index in [1.165, 1.54) is 6.21 Å². The van der Waals surface area contributed by atoms with Crippen LogP contribution >= 0.6 is 15.9 Å². The van der Waals surface area contributed by atoms with Gasteiger partial charge in [-0.3, -0.25) is 9.78 Å². The van der Waals surface area contributed by atoms with Crippen LogP contribution in [0.25, 0.3) is 11.3 Å². The summed E-state index contributed by atoms with van der Waals surface area (Å²) in [6.07, 6.45) is 1.45. The molecule has 1 heterocycles. The van der Waals surface area contributed by atoms with Gasteiger partial charge in [-0.15, -0.1) is 0 Å². The summed E-state index contributed by atoms with van der Waals surface area (Å²) in [5, 5.41) is 22.5. The highest BCUT2D eigenvalue weighted by atomic mass is 79.9. The molecular weight excluding hydrogens is 408 g/mol. The average molecular weight is 419 g/mol. The molecule has 2 N–H and O–H groups in total. The zero-order valence-electron chi connectivity index (χ0n) is 13.8. The number of aromatic amines is 1. The zero-order chi connectivity index (χ0) is 19.2. The number of nitriles is 2. The van der Waals surface area contributed by atoms with Crippen LogP contribution in [0.3, 0.4) is 0 Å². The van der Waals surface area contributed by atoms with Gasteiger partial charge in [0, 0.05) is 15.6 Å². The Balaban J connectivity index is 1.94. The fourth-order valence-corrected chi connectivity index (χ4v) is 2.83. The summed E-state index contributed by atoms with van der Waals surface area (Å²) >= 11 is 3.31. The van der Waals surface area contributed by atoms with Gasteiger partial charge in [0.2, 0.25) is 5.95 Å². The fourth-order valence-electron chi connectivity index (χ4n) is 2.36. The number of hydrogen-bond acceptors (Lipinski definition) is 6. The number of benzene rings is 2. The summed E-state index contributed by atoms with van der Waals surface area (Å²) in [5.41, 5.74) is 3.94. The molecule has 27 heavy (non-hydrogen) atoms. The molecule has 7 nitrogen and oxygen atoms in total. The van der Waals surface area contributed by atoms with Crippen LogP contribution in [0.15, 0.2) is 62.9 Å². The first-order valence-corrected chi connectivity index (χ1v) is 8.51. The van der Waals surface area contributed by atoms with Crippen molar-refractivity contribution in [3.63, 3.8) is 0 Å². The lowest BCUT2D eigenvalue weighted by Gasteiger charge is -2.06. The molecule has 0 radical (unpaired) electrons. The Kier molecular flexibility index (Phi) is 5.41. The normalized spacial score (nSPS) is 10.3. The van der Waals surface area contributed by atoms with Gasteiger partial charge >= 0.3 is 0 Å². The van der Waals surface area contributed by atoms with E-state index in [1.807, 2.05) is 12.1 Å². The Morgan fingerprint density at radius 1 is 1.07 bits per heavy atom. The second-order valence-corrected chi connectivity index (χ2v) is 6.16. The lowest BCUT2D eigenvalue weighted by molar-refractivity contribution is 1.08. The number of anilines is 1. The van der Waals surface area contributed by atoms with Crippen molar-refractivity contribution in [2.45, 2.75) is 0 Å². The molecule has 3 rings (SSSR count). The highest BCUT2D eigenvalue weighted by molar-refractivity contribution is 9.10. The van der Waals surface area contributed by atoms with Gasteiger partial charge in [-0.2, -0.15) is 15.6 Å². The van der Waals surface area contributed by atoms with Gasteiger partial charge in [-0.1, -0.05) is 42.5 Å². The minimum atomic E-state index is -0.566. The van der Waals surface area contributed by atoms with Crippen molar-refractivity contribution in [2.75, 3.05) is 5.43 Å². The average Bonchev–Trinajstić information content (AvgIpc) is 2.68. The molecule has 0 aliphatic rings. The maximum atomic E-state index is 12.2. The molecule has 3 aromatic rings. The molecule has 0 amide bonds. The number of nitrogens with one attached hydrogen (secondary N) is 2. The summed E-state index contributed by atoms with van der Waals surface area (Å²) in [7, 11) is 0. The summed E-state index contributed by atoms with van der Waals surface area (Å²) in [6, 6.07) is 18.2. The van der Waals surface area contributed by atoms with E-state index in [-0.39, 0.29) is 17.2 Å². The van der Waals surface area contributed by atoms with E-state index in [9.17, 15) is 15.3 Å². The Labute approximate surface area is 162 Å². The smallest absolute Gasteiger partial charge is 0.270 e. The Morgan fingerprint density at radius 2 is 1.81 bits per heavy atom.